The smallest absolute Gasteiger partial charge is 0.312 e. The number of ether oxygens (including phenoxy) is 1. The maximum Gasteiger partial charge on any atom is 0.312 e. The normalized spacial score (nSPS) is 19.7. The molecule has 10 rings (SSSR count). The van der Waals surface area contributed by atoms with Gasteiger partial charge in [0.1, 0.15) is 10.4 Å². The van der Waals surface area contributed by atoms with E-state index in [-0.39, 0.29) is 17.3 Å². The third-order valence-corrected chi connectivity index (χ3v) is 15.6. The average Bonchev–Trinajstić information content (AvgIpc) is 4.07. The van der Waals surface area contributed by atoms with Crippen LogP contribution in [0.15, 0.2) is 84.1 Å². The van der Waals surface area contributed by atoms with Gasteiger partial charge < -0.3 is 15.0 Å². The van der Waals surface area contributed by atoms with Crippen LogP contribution in [-0.2, 0) is 14.8 Å². The number of sulfonamides is 1. The van der Waals surface area contributed by atoms with Crippen molar-refractivity contribution in [1.82, 2.24) is 34.4 Å². The van der Waals surface area contributed by atoms with Crippen LogP contribution in [-0.4, -0.2) is 94.3 Å². The van der Waals surface area contributed by atoms with Crippen LogP contribution in [0.1, 0.15) is 98.7 Å². The number of rotatable bonds is 12. The number of fused-ring (bicyclic) bond motifs is 2. The van der Waals surface area contributed by atoms with E-state index in [0.29, 0.717) is 65.5 Å². The summed E-state index contributed by atoms with van der Waals surface area (Å²) in [6.45, 7) is 9.10. The third-order valence-electron chi connectivity index (χ3n) is 14.3. The van der Waals surface area contributed by atoms with Gasteiger partial charge in [-0.15, -0.1) is 0 Å². The van der Waals surface area contributed by atoms with Gasteiger partial charge in [-0.3, -0.25) is 29.6 Å². The quantitative estimate of drug-likeness (QED) is 0.0797. The molecule has 7 heterocycles. The second-order valence-corrected chi connectivity index (χ2v) is 20.1. The molecule has 3 saturated heterocycles. The molecule has 4 aliphatic rings. The summed E-state index contributed by atoms with van der Waals surface area (Å²) in [6, 6.07) is 20.2. The van der Waals surface area contributed by atoms with Crippen LogP contribution in [0.2, 0.25) is 0 Å². The zero-order valence-electron chi connectivity index (χ0n) is 36.2. The lowest BCUT2D eigenvalue weighted by Crippen LogP contribution is -2.55. The Hall–Kier alpha value is -5.91. The Morgan fingerprint density at radius 2 is 1.81 bits per heavy atom. The number of aromatic nitrogens is 5. The Labute approximate surface area is 372 Å². The summed E-state index contributed by atoms with van der Waals surface area (Å²) in [5, 5.41) is 19.2. The SMILES string of the molecule is CC(C)c1ccccc1[C@@H]1CCCN1C1CC2(CCN(c3ccc(C(=O)NS(=O)(=O)c4cnc(NCC5CCOCC5)c([N+](=O)[O-])c4)c(-n4[nH]cc5nc6nccc6cc54)c3)CC2)C1. The molecular weight excluding hydrogens is 833 g/mol. The molecule has 17 heteroatoms. The fraction of sp³-hybridized carbons (Fsp3) is 0.447. The molecule has 0 unspecified atom stereocenters. The number of hydrogen-bond donors (Lipinski definition) is 3. The first-order chi connectivity index (χ1) is 30.9. The van der Waals surface area contributed by atoms with Gasteiger partial charge in [0, 0.05) is 74.5 Å². The highest BCUT2D eigenvalue weighted by Crippen LogP contribution is 2.54. The highest BCUT2D eigenvalue weighted by Gasteiger charge is 2.50. The third kappa shape index (κ3) is 7.98. The maximum atomic E-state index is 14.2. The summed E-state index contributed by atoms with van der Waals surface area (Å²) in [7, 11) is -4.61. The van der Waals surface area contributed by atoms with Crippen LogP contribution in [0, 0.1) is 21.4 Å². The number of nitro groups is 1. The van der Waals surface area contributed by atoms with Crippen LogP contribution in [0.4, 0.5) is 17.2 Å². The number of carbonyl (C=O) groups is 1. The molecule has 4 fully saturated rings. The van der Waals surface area contributed by atoms with Gasteiger partial charge in [-0.25, -0.2) is 28.1 Å². The molecule has 3 aliphatic heterocycles. The minimum absolute atomic E-state index is 0.0401. The van der Waals surface area contributed by atoms with Gasteiger partial charge >= 0.3 is 5.69 Å². The summed E-state index contributed by atoms with van der Waals surface area (Å²) in [5.74, 6) is -0.208. The van der Waals surface area contributed by atoms with Gasteiger partial charge in [0.15, 0.2) is 5.65 Å². The number of nitrogens with one attached hydrogen (secondary N) is 3. The molecule has 4 aromatic heterocycles. The highest BCUT2D eigenvalue weighted by atomic mass is 32.2. The Morgan fingerprint density at radius 1 is 1.02 bits per heavy atom. The second kappa shape index (κ2) is 16.9. The van der Waals surface area contributed by atoms with Crippen molar-refractivity contribution in [1.29, 1.82) is 0 Å². The Kier molecular flexibility index (Phi) is 11.1. The van der Waals surface area contributed by atoms with Crippen molar-refractivity contribution in [2.24, 2.45) is 11.3 Å². The predicted molar refractivity (Wildman–Crippen MR) is 244 cm³/mol. The number of hydrogen-bond acceptors (Lipinski definition) is 12. The molecule has 1 atom stereocenters. The van der Waals surface area contributed by atoms with Crippen molar-refractivity contribution in [3.05, 3.63) is 106 Å². The molecule has 0 radical (unpaired) electrons. The second-order valence-electron chi connectivity index (χ2n) is 18.5. The molecule has 1 saturated carbocycles. The average molecular weight is 887 g/mol. The lowest BCUT2D eigenvalue weighted by molar-refractivity contribution is -0.384. The van der Waals surface area contributed by atoms with Crippen LogP contribution < -0.4 is 14.9 Å². The summed E-state index contributed by atoms with van der Waals surface area (Å²) in [4.78, 5) is 43.5. The highest BCUT2D eigenvalue weighted by molar-refractivity contribution is 7.90. The summed E-state index contributed by atoms with van der Waals surface area (Å²) in [6.07, 6.45) is 13.0. The van der Waals surface area contributed by atoms with Gasteiger partial charge in [0.25, 0.3) is 15.9 Å². The minimum atomic E-state index is -4.61. The molecule has 0 bridgehead atoms. The number of benzene rings is 2. The number of pyridine rings is 2. The lowest BCUT2D eigenvalue weighted by atomic mass is 9.59. The molecule has 64 heavy (non-hydrogen) atoms. The Morgan fingerprint density at radius 3 is 2.59 bits per heavy atom. The van der Waals surface area contributed by atoms with Crippen molar-refractivity contribution in [2.45, 2.75) is 88.1 Å². The first kappa shape index (κ1) is 42.1. The summed E-state index contributed by atoms with van der Waals surface area (Å²) < 4.78 is 36.9. The van der Waals surface area contributed by atoms with E-state index in [0.717, 1.165) is 68.7 Å². The summed E-state index contributed by atoms with van der Waals surface area (Å²) in [5.41, 5.74) is 6.05. The lowest BCUT2D eigenvalue weighted by Gasteiger charge is -2.56. The van der Waals surface area contributed by atoms with Crippen LogP contribution >= 0.6 is 0 Å². The van der Waals surface area contributed by atoms with E-state index in [1.54, 1.807) is 23.1 Å². The molecule has 16 nitrogen and oxygen atoms in total. The predicted octanol–water partition coefficient (Wildman–Crippen LogP) is 7.87. The van der Waals surface area contributed by atoms with Crippen molar-refractivity contribution in [3.63, 3.8) is 0 Å². The molecule has 1 aliphatic carbocycles. The van der Waals surface area contributed by atoms with Crippen molar-refractivity contribution in [3.8, 4) is 5.69 Å². The molecule has 3 N–H and O–H groups in total. The number of likely N-dealkylation sites (tertiary alicyclic amines) is 1. The monoisotopic (exact) mass is 886 g/mol. The number of aromatic amines is 1. The van der Waals surface area contributed by atoms with Gasteiger partial charge in [-0.2, -0.15) is 0 Å². The number of amides is 1. The standard InChI is InChI=1S/C47H54N10O6S/c1-30(2)36-6-3-4-7-37(36)40-8-5-17-55(40)34-25-47(26-34)14-18-54(19-15-47)33-9-10-38(41(23-33)56-42-22-32-11-16-48-44(32)52-39(42)29-51-56)46(58)53-64(61,62)35-24-43(57(59)60)45(50-28-35)49-27-31-12-20-63-21-13-31/h3-4,6-7,9-11,16,22-24,28-31,34,40,51H,5,8,12-15,17-21,25-27H2,1-2H3,(H,49,50)(H,53,58)/t40-/m0/s1. The molecule has 2 aromatic carbocycles. The first-order valence-corrected chi connectivity index (χ1v) is 24.0. The van der Waals surface area contributed by atoms with Gasteiger partial charge in [0.05, 0.1) is 27.9 Å². The molecule has 334 valence electrons. The van der Waals surface area contributed by atoms with Crippen molar-refractivity contribution in [2.75, 3.05) is 49.6 Å². The van der Waals surface area contributed by atoms with Crippen LogP contribution in [0.3, 0.4) is 0 Å². The van der Waals surface area contributed by atoms with Gasteiger partial charge in [-0.1, -0.05) is 38.1 Å². The van der Waals surface area contributed by atoms with E-state index >= 15 is 0 Å². The number of anilines is 2. The molecule has 6 aromatic rings. The number of nitrogens with zero attached hydrogens (tertiary/aromatic N) is 7. The molecule has 1 amide bonds. The number of piperidine rings is 1. The minimum Gasteiger partial charge on any atom is -0.381 e. The van der Waals surface area contributed by atoms with E-state index in [9.17, 15) is 23.3 Å². The van der Waals surface area contributed by atoms with E-state index in [2.05, 4.69) is 73.0 Å². The van der Waals surface area contributed by atoms with E-state index in [1.165, 1.54) is 36.8 Å². The maximum absolute atomic E-state index is 14.2. The zero-order valence-corrected chi connectivity index (χ0v) is 37.0. The molecule has 1 spiro atoms. The fourth-order valence-electron chi connectivity index (χ4n) is 10.7. The van der Waals surface area contributed by atoms with E-state index in [1.807, 2.05) is 24.3 Å². The van der Waals surface area contributed by atoms with Gasteiger partial charge in [-0.05, 0) is 117 Å². The van der Waals surface area contributed by atoms with Crippen molar-refractivity contribution < 1.29 is 22.9 Å². The van der Waals surface area contributed by atoms with E-state index < -0.39 is 31.4 Å². The van der Waals surface area contributed by atoms with Crippen molar-refractivity contribution >= 4 is 55.2 Å². The van der Waals surface area contributed by atoms with E-state index in [4.69, 9.17) is 9.72 Å². The summed E-state index contributed by atoms with van der Waals surface area (Å²) >= 11 is 0. The Bertz CT molecular complexity index is 2840. The van der Waals surface area contributed by atoms with Crippen LogP contribution in [0.5, 0.6) is 0 Å². The first-order valence-electron chi connectivity index (χ1n) is 22.5. The zero-order chi connectivity index (χ0) is 44.2. The molecular formula is C47H54N10O6S. The number of H-pyrrole nitrogens is 1. The Balaban J connectivity index is 0.886. The largest absolute Gasteiger partial charge is 0.381 e. The topological polar surface area (TPSA) is 194 Å². The number of carbonyl (C=O) groups excluding carboxylic acids is 1. The van der Waals surface area contributed by atoms with Gasteiger partial charge in [0.2, 0.25) is 5.82 Å². The van der Waals surface area contributed by atoms with Crippen LogP contribution in [0.25, 0.3) is 27.8 Å². The fourth-order valence-corrected chi connectivity index (χ4v) is 11.6.